The quantitative estimate of drug-likeness (QED) is 0.782. The predicted molar refractivity (Wildman–Crippen MR) is 88.1 cm³/mol. The fourth-order valence-corrected chi connectivity index (χ4v) is 2.87. The molecule has 0 spiro atoms. The number of hydrogen-bond acceptors (Lipinski definition) is 3. The van der Waals surface area contributed by atoms with Gasteiger partial charge < -0.3 is 10.6 Å². The zero-order chi connectivity index (χ0) is 14.5. The number of benzene rings is 1. The molecule has 0 saturated heterocycles. The van der Waals surface area contributed by atoms with E-state index in [4.69, 9.17) is 11.6 Å². The lowest BCUT2D eigenvalue weighted by atomic mass is 10.1. The Balaban J connectivity index is 2.19. The summed E-state index contributed by atoms with van der Waals surface area (Å²) in [5, 5.41) is 7.83. The molecule has 0 aliphatic carbocycles. The summed E-state index contributed by atoms with van der Waals surface area (Å²) in [7, 11) is 0. The van der Waals surface area contributed by atoms with Crippen LogP contribution in [0.5, 0.6) is 0 Å². The molecule has 0 saturated carbocycles. The number of halogens is 1. The molecule has 0 aromatic heterocycles. The molecule has 2 N–H and O–H groups in total. The standard InChI is InChI=1S/C16H24ClN3/c1-4-16(20(5-2)6-3)19-14-9-10-18-15-11-12(17)7-8-13(14)15/h7-9,11,16,18-19H,4-6,10H2,1-3H3. The second kappa shape index (κ2) is 7.00. The van der Waals surface area contributed by atoms with Crippen molar-refractivity contribution >= 4 is 23.0 Å². The van der Waals surface area contributed by atoms with Crippen LogP contribution < -0.4 is 10.6 Å². The Kier molecular flexibility index (Phi) is 5.32. The van der Waals surface area contributed by atoms with E-state index in [1.54, 1.807) is 0 Å². The van der Waals surface area contributed by atoms with Gasteiger partial charge in [0.05, 0.1) is 6.17 Å². The van der Waals surface area contributed by atoms with Gasteiger partial charge in [0.15, 0.2) is 0 Å². The second-order valence-corrected chi connectivity index (χ2v) is 5.41. The SMILES string of the molecule is CCC(NC1=CCNc2cc(Cl)ccc21)N(CC)CC. The summed E-state index contributed by atoms with van der Waals surface area (Å²) in [6.45, 7) is 9.59. The molecule has 0 radical (unpaired) electrons. The molecule has 1 heterocycles. The van der Waals surface area contributed by atoms with Crippen LogP contribution in [0.1, 0.15) is 32.8 Å². The zero-order valence-electron chi connectivity index (χ0n) is 12.5. The van der Waals surface area contributed by atoms with Gasteiger partial charge in [-0.2, -0.15) is 0 Å². The third kappa shape index (κ3) is 3.28. The lowest BCUT2D eigenvalue weighted by Crippen LogP contribution is -2.44. The maximum absolute atomic E-state index is 6.06. The van der Waals surface area contributed by atoms with Crippen LogP contribution in [0.4, 0.5) is 5.69 Å². The van der Waals surface area contributed by atoms with Crippen LogP contribution in [0.25, 0.3) is 5.70 Å². The van der Waals surface area contributed by atoms with Crippen molar-refractivity contribution in [2.75, 3.05) is 25.0 Å². The van der Waals surface area contributed by atoms with Gasteiger partial charge in [0, 0.05) is 28.5 Å². The molecule has 0 fully saturated rings. The summed E-state index contributed by atoms with van der Waals surface area (Å²) < 4.78 is 0. The van der Waals surface area contributed by atoms with Gasteiger partial charge in [0.1, 0.15) is 0 Å². The molecule has 1 aliphatic heterocycles. The van der Waals surface area contributed by atoms with Gasteiger partial charge in [0.2, 0.25) is 0 Å². The van der Waals surface area contributed by atoms with E-state index in [1.165, 1.54) is 11.3 Å². The van der Waals surface area contributed by atoms with E-state index < -0.39 is 0 Å². The zero-order valence-corrected chi connectivity index (χ0v) is 13.3. The average Bonchev–Trinajstić information content (AvgIpc) is 2.47. The smallest absolute Gasteiger partial charge is 0.0790 e. The fraction of sp³-hybridized carbons (Fsp3) is 0.500. The second-order valence-electron chi connectivity index (χ2n) is 4.98. The van der Waals surface area contributed by atoms with E-state index in [9.17, 15) is 0 Å². The molecule has 1 aliphatic rings. The van der Waals surface area contributed by atoms with E-state index >= 15 is 0 Å². The minimum Gasteiger partial charge on any atom is -0.381 e. The van der Waals surface area contributed by atoms with Gasteiger partial charge in [-0.05, 0) is 43.8 Å². The summed E-state index contributed by atoms with van der Waals surface area (Å²) in [6.07, 6.45) is 3.66. The first kappa shape index (κ1) is 15.2. The van der Waals surface area contributed by atoms with Crippen molar-refractivity contribution in [2.45, 2.75) is 33.4 Å². The Morgan fingerprint density at radius 3 is 2.70 bits per heavy atom. The Bertz CT molecular complexity index is 481. The topological polar surface area (TPSA) is 27.3 Å². The van der Waals surface area contributed by atoms with Crippen LogP contribution in [0.2, 0.25) is 5.02 Å². The number of rotatable bonds is 6. The van der Waals surface area contributed by atoms with Crippen LogP contribution in [0.3, 0.4) is 0 Å². The summed E-state index contributed by atoms with van der Waals surface area (Å²) in [5.41, 5.74) is 3.51. The molecule has 110 valence electrons. The normalized spacial score (nSPS) is 15.3. The Morgan fingerprint density at radius 2 is 2.05 bits per heavy atom. The van der Waals surface area contributed by atoms with Crippen molar-refractivity contribution in [3.05, 3.63) is 34.9 Å². The van der Waals surface area contributed by atoms with Gasteiger partial charge in [-0.25, -0.2) is 0 Å². The van der Waals surface area contributed by atoms with Gasteiger partial charge >= 0.3 is 0 Å². The molecule has 4 heteroatoms. The van der Waals surface area contributed by atoms with Crippen molar-refractivity contribution in [1.29, 1.82) is 0 Å². The van der Waals surface area contributed by atoms with Crippen LogP contribution in [0.15, 0.2) is 24.3 Å². The van der Waals surface area contributed by atoms with Crippen molar-refractivity contribution in [2.24, 2.45) is 0 Å². The Labute approximate surface area is 127 Å². The first-order valence-corrected chi connectivity index (χ1v) is 7.81. The number of nitrogens with one attached hydrogen (secondary N) is 2. The van der Waals surface area contributed by atoms with Gasteiger partial charge in [-0.3, -0.25) is 4.90 Å². The van der Waals surface area contributed by atoms with Crippen LogP contribution in [-0.2, 0) is 0 Å². The molecule has 0 bridgehead atoms. The Morgan fingerprint density at radius 1 is 1.30 bits per heavy atom. The van der Waals surface area contributed by atoms with Crippen molar-refractivity contribution in [3.63, 3.8) is 0 Å². The van der Waals surface area contributed by atoms with Crippen LogP contribution in [0, 0.1) is 0 Å². The summed E-state index contributed by atoms with van der Waals surface area (Å²) in [6, 6.07) is 6.02. The summed E-state index contributed by atoms with van der Waals surface area (Å²) >= 11 is 6.06. The van der Waals surface area contributed by atoms with Crippen molar-refractivity contribution < 1.29 is 0 Å². The van der Waals surface area contributed by atoms with E-state index in [2.05, 4.69) is 48.4 Å². The van der Waals surface area contributed by atoms with E-state index in [0.29, 0.717) is 6.17 Å². The number of fused-ring (bicyclic) bond motifs is 1. The molecule has 20 heavy (non-hydrogen) atoms. The molecular weight excluding hydrogens is 270 g/mol. The van der Waals surface area contributed by atoms with E-state index in [-0.39, 0.29) is 0 Å². The molecule has 1 atom stereocenters. The van der Waals surface area contributed by atoms with Crippen LogP contribution in [-0.4, -0.2) is 30.7 Å². The van der Waals surface area contributed by atoms with Gasteiger partial charge in [-0.1, -0.05) is 32.4 Å². The highest BCUT2D eigenvalue weighted by molar-refractivity contribution is 6.31. The molecule has 1 aromatic rings. The molecule has 1 unspecified atom stereocenters. The molecular formula is C16H24ClN3. The highest BCUT2D eigenvalue weighted by atomic mass is 35.5. The molecule has 0 amide bonds. The number of hydrogen-bond donors (Lipinski definition) is 2. The highest BCUT2D eigenvalue weighted by Crippen LogP contribution is 2.29. The average molecular weight is 294 g/mol. The van der Waals surface area contributed by atoms with Gasteiger partial charge in [-0.15, -0.1) is 0 Å². The molecule has 2 rings (SSSR count). The van der Waals surface area contributed by atoms with Gasteiger partial charge in [0.25, 0.3) is 0 Å². The minimum absolute atomic E-state index is 0.373. The number of nitrogens with zero attached hydrogens (tertiary/aromatic N) is 1. The molecule has 3 nitrogen and oxygen atoms in total. The van der Waals surface area contributed by atoms with Crippen molar-refractivity contribution in [1.82, 2.24) is 10.2 Å². The lowest BCUT2D eigenvalue weighted by Gasteiger charge is -2.32. The van der Waals surface area contributed by atoms with E-state index in [0.717, 1.165) is 36.8 Å². The minimum atomic E-state index is 0.373. The lowest BCUT2D eigenvalue weighted by molar-refractivity contribution is 0.194. The first-order chi connectivity index (χ1) is 9.69. The first-order valence-electron chi connectivity index (χ1n) is 7.44. The maximum Gasteiger partial charge on any atom is 0.0790 e. The summed E-state index contributed by atoms with van der Waals surface area (Å²) in [5.74, 6) is 0. The third-order valence-corrected chi connectivity index (χ3v) is 4.07. The largest absolute Gasteiger partial charge is 0.381 e. The summed E-state index contributed by atoms with van der Waals surface area (Å²) in [4.78, 5) is 2.44. The highest BCUT2D eigenvalue weighted by Gasteiger charge is 2.18. The van der Waals surface area contributed by atoms with Crippen LogP contribution >= 0.6 is 11.6 Å². The molecule has 1 aromatic carbocycles. The number of anilines is 1. The maximum atomic E-state index is 6.06. The Hall–Kier alpha value is -1.19. The van der Waals surface area contributed by atoms with Crippen molar-refractivity contribution in [3.8, 4) is 0 Å². The van der Waals surface area contributed by atoms with E-state index in [1.807, 2.05) is 12.1 Å². The fourth-order valence-electron chi connectivity index (χ4n) is 2.70. The third-order valence-electron chi connectivity index (χ3n) is 3.83. The predicted octanol–water partition coefficient (Wildman–Crippen LogP) is 3.77. The monoisotopic (exact) mass is 293 g/mol.